The number of phenolic OH excluding ortho intramolecular Hbond substituents is 1. The lowest BCUT2D eigenvalue weighted by molar-refractivity contribution is 0.475. The number of imidazole rings is 1. The standard InChI is InChI=1S/C14H13N3O/c1-15-11-5-6-14-16-8-13(17(14)9-11)10-3-2-4-12(18)7-10/h2-9,15,18H,1H3. The zero-order valence-electron chi connectivity index (χ0n) is 9.96. The van der Waals surface area contributed by atoms with Gasteiger partial charge in [0.1, 0.15) is 11.4 Å². The lowest BCUT2D eigenvalue weighted by Crippen LogP contribution is -1.93. The van der Waals surface area contributed by atoms with Gasteiger partial charge in [-0.3, -0.25) is 4.40 Å². The van der Waals surface area contributed by atoms with Crippen molar-refractivity contribution in [1.29, 1.82) is 0 Å². The van der Waals surface area contributed by atoms with Crippen molar-refractivity contribution in [2.24, 2.45) is 0 Å². The van der Waals surface area contributed by atoms with Crippen molar-refractivity contribution >= 4 is 11.3 Å². The molecule has 0 fully saturated rings. The van der Waals surface area contributed by atoms with Crippen LogP contribution in [0.15, 0.2) is 48.8 Å². The Labute approximate surface area is 105 Å². The molecule has 0 radical (unpaired) electrons. The third-order valence-electron chi connectivity index (χ3n) is 2.94. The van der Waals surface area contributed by atoms with E-state index in [1.165, 1.54) is 0 Å². The van der Waals surface area contributed by atoms with Crippen LogP contribution < -0.4 is 5.32 Å². The zero-order chi connectivity index (χ0) is 12.5. The first-order chi connectivity index (χ1) is 8.78. The Bertz CT molecular complexity index is 703. The first-order valence-corrected chi connectivity index (χ1v) is 5.72. The highest BCUT2D eigenvalue weighted by atomic mass is 16.3. The largest absolute Gasteiger partial charge is 0.508 e. The van der Waals surface area contributed by atoms with Crippen LogP contribution >= 0.6 is 0 Å². The van der Waals surface area contributed by atoms with Crippen molar-refractivity contribution < 1.29 is 5.11 Å². The minimum Gasteiger partial charge on any atom is -0.508 e. The summed E-state index contributed by atoms with van der Waals surface area (Å²) in [5.74, 6) is 0.257. The number of nitrogens with one attached hydrogen (secondary N) is 1. The molecule has 1 aromatic carbocycles. The van der Waals surface area contributed by atoms with E-state index in [0.29, 0.717) is 0 Å². The number of fused-ring (bicyclic) bond motifs is 1. The summed E-state index contributed by atoms with van der Waals surface area (Å²) < 4.78 is 2.00. The number of aromatic nitrogens is 2. The van der Waals surface area contributed by atoms with Crippen LogP contribution in [0.2, 0.25) is 0 Å². The second kappa shape index (κ2) is 4.07. The number of hydrogen-bond acceptors (Lipinski definition) is 3. The molecule has 18 heavy (non-hydrogen) atoms. The Morgan fingerprint density at radius 3 is 2.89 bits per heavy atom. The molecule has 2 heterocycles. The Morgan fingerprint density at radius 1 is 1.22 bits per heavy atom. The summed E-state index contributed by atoms with van der Waals surface area (Å²) in [7, 11) is 1.88. The summed E-state index contributed by atoms with van der Waals surface area (Å²) in [5, 5.41) is 12.6. The first kappa shape index (κ1) is 10.7. The van der Waals surface area contributed by atoms with Crippen molar-refractivity contribution in [1.82, 2.24) is 9.38 Å². The molecular weight excluding hydrogens is 226 g/mol. The predicted molar refractivity (Wildman–Crippen MR) is 71.8 cm³/mol. The second-order valence-corrected chi connectivity index (χ2v) is 4.09. The maximum Gasteiger partial charge on any atom is 0.137 e. The summed E-state index contributed by atoms with van der Waals surface area (Å²) in [4.78, 5) is 4.35. The van der Waals surface area contributed by atoms with E-state index >= 15 is 0 Å². The molecule has 0 spiro atoms. The number of rotatable bonds is 2. The van der Waals surface area contributed by atoms with Crippen LogP contribution in [0.4, 0.5) is 5.69 Å². The van der Waals surface area contributed by atoms with Crippen molar-refractivity contribution in [3.8, 4) is 17.0 Å². The number of nitrogens with zero attached hydrogens (tertiary/aromatic N) is 2. The molecule has 0 saturated carbocycles. The predicted octanol–water partition coefficient (Wildman–Crippen LogP) is 2.75. The van der Waals surface area contributed by atoms with Crippen LogP contribution in [0, 0.1) is 0 Å². The van der Waals surface area contributed by atoms with Gasteiger partial charge < -0.3 is 10.4 Å². The molecule has 0 saturated heterocycles. The van der Waals surface area contributed by atoms with Gasteiger partial charge in [-0.25, -0.2) is 4.98 Å². The quantitative estimate of drug-likeness (QED) is 0.723. The van der Waals surface area contributed by atoms with Gasteiger partial charge in [-0.1, -0.05) is 12.1 Å². The highest BCUT2D eigenvalue weighted by molar-refractivity contribution is 5.66. The first-order valence-electron chi connectivity index (χ1n) is 5.72. The molecule has 0 aliphatic rings. The third kappa shape index (κ3) is 1.68. The van der Waals surface area contributed by atoms with Gasteiger partial charge in [-0.05, 0) is 24.3 Å². The Balaban J connectivity index is 2.22. The Morgan fingerprint density at radius 2 is 2.11 bits per heavy atom. The van der Waals surface area contributed by atoms with Gasteiger partial charge in [-0.15, -0.1) is 0 Å². The zero-order valence-corrected chi connectivity index (χ0v) is 9.96. The van der Waals surface area contributed by atoms with Crippen LogP contribution in [-0.4, -0.2) is 21.5 Å². The average Bonchev–Trinajstić information content (AvgIpc) is 2.81. The SMILES string of the molecule is CNc1ccc2ncc(-c3cccc(O)c3)n2c1. The van der Waals surface area contributed by atoms with Gasteiger partial charge in [0.2, 0.25) is 0 Å². The van der Waals surface area contributed by atoms with Crippen LogP contribution in [0.5, 0.6) is 5.75 Å². The lowest BCUT2D eigenvalue weighted by Gasteiger charge is -2.05. The summed E-state index contributed by atoms with van der Waals surface area (Å²) in [6.45, 7) is 0. The number of pyridine rings is 1. The number of benzene rings is 1. The van der Waals surface area contributed by atoms with Crippen molar-refractivity contribution in [3.05, 3.63) is 48.8 Å². The molecule has 0 aliphatic heterocycles. The topological polar surface area (TPSA) is 49.6 Å². The fraction of sp³-hybridized carbons (Fsp3) is 0.0714. The summed E-state index contributed by atoms with van der Waals surface area (Å²) in [6, 6.07) is 11.1. The summed E-state index contributed by atoms with van der Waals surface area (Å²) in [5.41, 5.74) is 3.79. The van der Waals surface area contributed by atoms with E-state index in [1.807, 2.05) is 48.1 Å². The molecule has 2 N–H and O–H groups in total. The van der Waals surface area contributed by atoms with Gasteiger partial charge in [-0.2, -0.15) is 0 Å². The molecule has 3 aromatic rings. The molecule has 0 aliphatic carbocycles. The Kier molecular flexibility index (Phi) is 2.41. The second-order valence-electron chi connectivity index (χ2n) is 4.09. The molecule has 4 nitrogen and oxygen atoms in total. The molecule has 2 aromatic heterocycles. The van der Waals surface area contributed by atoms with Gasteiger partial charge in [0.25, 0.3) is 0 Å². The van der Waals surface area contributed by atoms with Gasteiger partial charge >= 0.3 is 0 Å². The molecule has 0 unspecified atom stereocenters. The lowest BCUT2D eigenvalue weighted by atomic mass is 10.1. The van der Waals surface area contributed by atoms with Crippen molar-refractivity contribution in [2.75, 3.05) is 12.4 Å². The van der Waals surface area contributed by atoms with Crippen molar-refractivity contribution in [2.45, 2.75) is 0 Å². The average molecular weight is 239 g/mol. The van der Waals surface area contributed by atoms with E-state index in [-0.39, 0.29) is 5.75 Å². The van der Waals surface area contributed by atoms with Crippen LogP contribution in [0.1, 0.15) is 0 Å². The molecule has 4 heteroatoms. The number of aromatic hydroxyl groups is 1. The van der Waals surface area contributed by atoms with E-state index < -0.39 is 0 Å². The minimum absolute atomic E-state index is 0.257. The monoisotopic (exact) mass is 239 g/mol. The molecule has 3 rings (SSSR count). The summed E-state index contributed by atoms with van der Waals surface area (Å²) >= 11 is 0. The van der Waals surface area contributed by atoms with Crippen molar-refractivity contribution in [3.63, 3.8) is 0 Å². The minimum atomic E-state index is 0.257. The van der Waals surface area contributed by atoms with E-state index in [2.05, 4.69) is 10.3 Å². The van der Waals surface area contributed by atoms with E-state index in [0.717, 1.165) is 22.6 Å². The maximum absolute atomic E-state index is 9.54. The summed E-state index contributed by atoms with van der Waals surface area (Å²) in [6.07, 6.45) is 3.80. The number of phenols is 1. The van der Waals surface area contributed by atoms with E-state index in [9.17, 15) is 5.11 Å². The van der Waals surface area contributed by atoms with Crippen LogP contribution in [0.25, 0.3) is 16.9 Å². The number of hydrogen-bond donors (Lipinski definition) is 2. The molecule has 0 bridgehead atoms. The van der Waals surface area contributed by atoms with Gasteiger partial charge in [0.05, 0.1) is 17.6 Å². The van der Waals surface area contributed by atoms with E-state index in [4.69, 9.17) is 0 Å². The normalized spacial score (nSPS) is 10.7. The molecular formula is C14H13N3O. The van der Waals surface area contributed by atoms with Gasteiger partial charge in [0, 0.05) is 18.8 Å². The Hall–Kier alpha value is -2.49. The van der Waals surface area contributed by atoms with Crippen LogP contribution in [-0.2, 0) is 0 Å². The number of anilines is 1. The molecule has 90 valence electrons. The maximum atomic E-state index is 9.54. The smallest absolute Gasteiger partial charge is 0.137 e. The fourth-order valence-corrected chi connectivity index (χ4v) is 2.01. The fourth-order valence-electron chi connectivity index (χ4n) is 2.01. The highest BCUT2D eigenvalue weighted by Crippen LogP contribution is 2.25. The third-order valence-corrected chi connectivity index (χ3v) is 2.94. The molecule has 0 amide bonds. The van der Waals surface area contributed by atoms with Gasteiger partial charge in [0.15, 0.2) is 0 Å². The van der Waals surface area contributed by atoms with E-state index in [1.54, 1.807) is 12.1 Å². The highest BCUT2D eigenvalue weighted by Gasteiger charge is 2.06. The van der Waals surface area contributed by atoms with Crippen LogP contribution in [0.3, 0.4) is 0 Å². The molecule has 0 atom stereocenters.